The van der Waals surface area contributed by atoms with Crippen LogP contribution in [0, 0.1) is 0 Å². The van der Waals surface area contributed by atoms with Crippen LogP contribution in [0.15, 0.2) is 0 Å². The minimum Gasteiger partial charge on any atom is -0.480 e. The second-order valence-electron chi connectivity index (χ2n) is 11.4. The van der Waals surface area contributed by atoms with Crippen LogP contribution >= 0.6 is 86.4 Å². The standard InChI is InChI=1S/C9H18N2O4S2.2C8H16N2O4S2.C7H14N2O4S2.CH4/c1-3-15-9(13)7(11)5-17-16-4-6(10)8(12)14-2;1-13-7(11)5(9)3-15-16-4-6(10)8(12)14-2;1-2-14-8(13)6(10)4-16-15-3-5(9)7(11)12;1-13-7(12)5(9)3-15-14-2-4(8)6(10)11;/h6-7H,3-5,10-11H2,1-2H3;5-6H,3-4,9-10H2,1-2H3;5-6H,2-4,9-10H2,1H3,(H,11,12);4-5H,2-3,8-9H2,1H3,(H,10,11);1H4/t6-,7-;2*5-,6-;4-,5-;/m0000./s1. The summed E-state index contributed by atoms with van der Waals surface area (Å²) >= 11 is 0. The highest BCUT2D eigenvalue weighted by Gasteiger charge is 2.20. The quantitative estimate of drug-likeness (QED) is 0.0173. The molecule has 65 heavy (non-hydrogen) atoms. The molecular formula is C33H68N8O16S8. The van der Waals surface area contributed by atoms with Crippen LogP contribution in [-0.2, 0) is 66.8 Å². The molecule has 0 radical (unpaired) electrons. The molecule has 24 nitrogen and oxygen atoms in total. The number of nitrogens with two attached hydrogens (primary N) is 8. The molecule has 0 aromatic carbocycles. The molecule has 32 heteroatoms. The Morgan fingerprint density at radius 1 is 0.354 bits per heavy atom. The Labute approximate surface area is 411 Å². The summed E-state index contributed by atoms with van der Waals surface area (Å²) in [4.78, 5) is 86.6. The van der Waals surface area contributed by atoms with Gasteiger partial charge in [-0.05, 0) is 13.8 Å². The number of carboxylic acids is 2. The van der Waals surface area contributed by atoms with Crippen molar-refractivity contribution in [3.8, 4) is 0 Å². The van der Waals surface area contributed by atoms with Crippen LogP contribution in [0.5, 0.6) is 0 Å². The summed E-state index contributed by atoms with van der Waals surface area (Å²) in [6, 6.07) is -5.77. The first kappa shape index (κ1) is 72.2. The van der Waals surface area contributed by atoms with Crippen LogP contribution in [0.2, 0.25) is 0 Å². The molecule has 18 N–H and O–H groups in total. The lowest BCUT2D eigenvalue weighted by Gasteiger charge is -2.11. The highest BCUT2D eigenvalue weighted by atomic mass is 33.1. The number of esters is 6. The van der Waals surface area contributed by atoms with Crippen molar-refractivity contribution in [1.29, 1.82) is 0 Å². The Morgan fingerprint density at radius 3 is 0.646 bits per heavy atom. The van der Waals surface area contributed by atoms with E-state index >= 15 is 0 Å². The van der Waals surface area contributed by atoms with E-state index in [4.69, 9.17) is 65.6 Å². The smallest absolute Gasteiger partial charge is 0.323 e. The van der Waals surface area contributed by atoms with Gasteiger partial charge in [-0.2, -0.15) is 0 Å². The van der Waals surface area contributed by atoms with Crippen molar-refractivity contribution in [2.45, 2.75) is 69.6 Å². The zero-order valence-corrected chi connectivity index (χ0v) is 42.7. The number of aliphatic carboxylic acids is 2. The predicted octanol–water partition coefficient (Wildman–Crippen LogP) is -1.29. The van der Waals surface area contributed by atoms with E-state index in [1.807, 2.05) is 0 Å². The zero-order valence-electron chi connectivity index (χ0n) is 36.2. The summed E-state index contributed by atoms with van der Waals surface area (Å²) in [5, 5.41) is 17.0. The number of hydrogen-bond donors (Lipinski definition) is 10. The molecule has 0 aliphatic heterocycles. The van der Waals surface area contributed by atoms with Crippen molar-refractivity contribution < 1.29 is 77.0 Å². The van der Waals surface area contributed by atoms with E-state index in [9.17, 15) is 38.4 Å². The SMILES string of the molecule is C.CCOC(=O)[C@@H](N)CSSC[C@H](N)C(=O)O.CCOC(=O)[C@@H](N)CSSC[C@H](N)C(=O)OC.COC(=O)[C@@H](N)CSSC[C@H](N)C(=O)O.COC(=O)[C@@H](N)CSSC[C@H](N)C(=O)OC. The normalized spacial score (nSPS) is 13.9. The van der Waals surface area contributed by atoms with E-state index in [2.05, 4.69) is 18.9 Å². The number of carbonyl (C=O) groups excluding carboxylic acids is 6. The summed E-state index contributed by atoms with van der Waals surface area (Å²) in [6.07, 6.45) is 0. The first-order valence-electron chi connectivity index (χ1n) is 18.1. The fourth-order valence-electron chi connectivity index (χ4n) is 2.63. The first-order chi connectivity index (χ1) is 30.0. The minimum absolute atomic E-state index is 0. The Kier molecular flexibility index (Phi) is 52.6. The zero-order chi connectivity index (χ0) is 50.2. The number of ether oxygens (including phenoxy) is 6. The van der Waals surface area contributed by atoms with Gasteiger partial charge in [0.15, 0.2) is 0 Å². The summed E-state index contributed by atoms with van der Waals surface area (Å²) in [7, 11) is 15.8. The van der Waals surface area contributed by atoms with Gasteiger partial charge in [0.05, 0.1) is 41.7 Å². The van der Waals surface area contributed by atoms with Gasteiger partial charge in [-0.3, -0.25) is 38.4 Å². The van der Waals surface area contributed by atoms with E-state index in [0.29, 0.717) is 47.7 Å². The molecule has 0 unspecified atom stereocenters. The highest BCUT2D eigenvalue weighted by molar-refractivity contribution is 8.77. The molecule has 0 saturated heterocycles. The lowest BCUT2D eigenvalue weighted by molar-refractivity contribution is -0.144. The number of rotatable bonds is 30. The van der Waals surface area contributed by atoms with Crippen molar-refractivity contribution >= 4 is 134 Å². The van der Waals surface area contributed by atoms with Gasteiger partial charge < -0.3 is 84.5 Å². The highest BCUT2D eigenvalue weighted by Crippen LogP contribution is 2.24. The number of carbonyl (C=O) groups is 8. The van der Waals surface area contributed by atoms with E-state index in [1.165, 1.54) is 115 Å². The topological polar surface area (TPSA) is 441 Å². The van der Waals surface area contributed by atoms with Crippen LogP contribution in [0.3, 0.4) is 0 Å². The molecule has 0 rings (SSSR count). The van der Waals surface area contributed by atoms with Crippen molar-refractivity contribution in [2.75, 3.05) is 87.7 Å². The van der Waals surface area contributed by atoms with Gasteiger partial charge in [0.2, 0.25) is 0 Å². The maximum absolute atomic E-state index is 11.2. The largest absolute Gasteiger partial charge is 0.480 e. The van der Waals surface area contributed by atoms with E-state index in [1.54, 1.807) is 13.8 Å². The lowest BCUT2D eigenvalue weighted by atomic mass is 10.4. The molecule has 0 aromatic heterocycles. The molecule has 0 aliphatic rings. The molecule has 0 saturated carbocycles. The summed E-state index contributed by atoms with van der Waals surface area (Å²) in [5.41, 5.74) is 43.6. The molecule has 384 valence electrons. The van der Waals surface area contributed by atoms with Crippen LogP contribution < -0.4 is 45.9 Å². The molecular weight excluding hydrogens is 1020 g/mol. The average Bonchev–Trinajstić information content (AvgIpc) is 3.27. The van der Waals surface area contributed by atoms with Crippen LogP contribution in [0.4, 0.5) is 0 Å². The third-order valence-electron chi connectivity index (χ3n) is 6.14. The van der Waals surface area contributed by atoms with Gasteiger partial charge in [-0.15, -0.1) is 0 Å². The average molecular weight is 1090 g/mol. The van der Waals surface area contributed by atoms with Gasteiger partial charge in [0.25, 0.3) is 0 Å². The molecule has 0 amide bonds. The monoisotopic (exact) mass is 1090 g/mol. The van der Waals surface area contributed by atoms with Gasteiger partial charge in [0, 0.05) is 46.0 Å². The van der Waals surface area contributed by atoms with Crippen LogP contribution in [-0.4, -0.2) is 194 Å². The van der Waals surface area contributed by atoms with Gasteiger partial charge in [-0.25, -0.2) is 0 Å². The molecule has 0 heterocycles. The third kappa shape index (κ3) is 43.3. The van der Waals surface area contributed by atoms with E-state index in [0.717, 1.165) is 0 Å². The van der Waals surface area contributed by atoms with Crippen LogP contribution in [0.25, 0.3) is 0 Å². The molecule has 0 aliphatic carbocycles. The first-order valence-corrected chi connectivity index (χ1v) is 28.1. The molecule has 0 fully saturated rings. The Morgan fingerprint density at radius 2 is 0.508 bits per heavy atom. The maximum atomic E-state index is 11.2. The van der Waals surface area contributed by atoms with E-state index < -0.39 is 96.1 Å². The van der Waals surface area contributed by atoms with Crippen molar-refractivity contribution in [3.05, 3.63) is 0 Å². The minimum atomic E-state index is -1.04. The third-order valence-corrected chi connectivity index (χ3v) is 16.0. The second-order valence-corrected chi connectivity index (χ2v) is 21.6. The Bertz CT molecular complexity index is 1320. The fourth-order valence-corrected chi connectivity index (χ4v) is 11.5. The van der Waals surface area contributed by atoms with Crippen molar-refractivity contribution in [1.82, 2.24) is 0 Å². The number of carboxylic acid groups (broad SMARTS) is 2. The molecule has 8 atom stereocenters. The summed E-state index contributed by atoms with van der Waals surface area (Å²) in [6.45, 7) is 4.05. The molecule has 0 aromatic rings. The van der Waals surface area contributed by atoms with Crippen LogP contribution in [0.1, 0.15) is 21.3 Å². The lowest BCUT2D eigenvalue weighted by Crippen LogP contribution is -2.35. The van der Waals surface area contributed by atoms with Gasteiger partial charge in [-0.1, -0.05) is 93.8 Å². The number of hydrogen-bond acceptors (Lipinski definition) is 30. The van der Waals surface area contributed by atoms with Crippen molar-refractivity contribution in [2.24, 2.45) is 45.9 Å². The molecule has 0 bridgehead atoms. The second kappa shape index (κ2) is 47.3. The van der Waals surface area contributed by atoms with Crippen molar-refractivity contribution in [3.63, 3.8) is 0 Å². The summed E-state index contributed by atoms with van der Waals surface area (Å²) < 4.78 is 27.3. The van der Waals surface area contributed by atoms with Gasteiger partial charge in [0.1, 0.15) is 48.3 Å². The molecule has 0 spiro atoms. The fraction of sp³-hybridized carbons (Fsp3) is 0.758. The Balaban J connectivity index is -0.000000245. The van der Waals surface area contributed by atoms with Gasteiger partial charge >= 0.3 is 47.8 Å². The summed E-state index contributed by atoms with van der Waals surface area (Å²) in [5.74, 6) is -1.86. The Hall–Kier alpha value is -1.76. The van der Waals surface area contributed by atoms with E-state index in [-0.39, 0.29) is 18.9 Å². The maximum Gasteiger partial charge on any atom is 0.323 e. The predicted molar refractivity (Wildman–Crippen MR) is 267 cm³/mol. The number of methoxy groups -OCH3 is 4.